The van der Waals surface area contributed by atoms with Crippen LogP contribution in [0, 0.1) is 0 Å². The van der Waals surface area contributed by atoms with Crippen LogP contribution in [0.4, 0.5) is 5.69 Å². The average molecular weight is 367 g/mol. The van der Waals surface area contributed by atoms with Gasteiger partial charge in [-0.2, -0.15) is 0 Å². The van der Waals surface area contributed by atoms with Crippen molar-refractivity contribution in [1.29, 1.82) is 0 Å². The van der Waals surface area contributed by atoms with Crippen LogP contribution in [0.5, 0.6) is 5.75 Å². The van der Waals surface area contributed by atoms with Crippen LogP contribution < -0.4 is 10.5 Å². The van der Waals surface area contributed by atoms with Crippen molar-refractivity contribution in [2.24, 2.45) is 0 Å². The summed E-state index contributed by atoms with van der Waals surface area (Å²) >= 11 is 6.59. The zero-order valence-corrected chi connectivity index (χ0v) is 12.7. The Bertz CT molecular complexity index is 435. The van der Waals surface area contributed by atoms with E-state index in [0.29, 0.717) is 27.0 Å². The molecule has 0 bridgehead atoms. The zero-order valence-electron chi connectivity index (χ0n) is 9.55. The van der Waals surface area contributed by atoms with Crippen LogP contribution in [0.25, 0.3) is 0 Å². The van der Waals surface area contributed by atoms with E-state index in [1.807, 2.05) is 6.92 Å². The van der Waals surface area contributed by atoms with Gasteiger partial charge in [0.05, 0.1) is 23.9 Å². The SMILES string of the molecule is CCCOC(=O)c1c(N)c(Br)cc(Br)c1OC. The molecule has 0 aliphatic rings. The van der Waals surface area contributed by atoms with Crippen LogP contribution in [0.3, 0.4) is 0 Å². The first-order chi connectivity index (χ1) is 8.02. The highest BCUT2D eigenvalue weighted by atomic mass is 79.9. The van der Waals surface area contributed by atoms with E-state index < -0.39 is 5.97 Å². The Balaban J connectivity index is 3.24. The lowest BCUT2D eigenvalue weighted by Gasteiger charge is -2.13. The van der Waals surface area contributed by atoms with Crippen molar-refractivity contribution in [3.63, 3.8) is 0 Å². The number of benzene rings is 1. The first-order valence-electron chi connectivity index (χ1n) is 5.01. The third-order valence-corrected chi connectivity index (χ3v) is 3.31. The summed E-state index contributed by atoms with van der Waals surface area (Å²) in [6.07, 6.45) is 0.753. The number of methoxy groups -OCH3 is 1. The molecule has 1 rings (SSSR count). The summed E-state index contributed by atoms with van der Waals surface area (Å²) in [5, 5.41) is 0. The molecule has 0 aliphatic carbocycles. The molecule has 94 valence electrons. The molecule has 0 spiro atoms. The van der Waals surface area contributed by atoms with Gasteiger partial charge in [0.1, 0.15) is 11.3 Å². The summed E-state index contributed by atoms with van der Waals surface area (Å²) in [4.78, 5) is 11.9. The Morgan fingerprint density at radius 2 is 2.06 bits per heavy atom. The van der Waals surface area contributed by atoms with Gasteiger partial charge in [-0.15, -0.1) is 0 Å². The normalized spacial score (nSPS) is 10.1. The van der Waals surface area contributed by atoms with E-state index in [0.717, 1.165) is 6.42 Å². The first kappa shape index (κ1) is 14.3. The summed E-state index contributed by atoms with van der Waals surface area (Å²) < 4.78 is 11.5. The quantitative estimate of drug-likeness (QED) is 0.655. The molecular formula is C11H13Br2NO3. The summed E-state index contributed by atoms with van der Waals surface area (Å²) in [7, 11) is 1.48. The van der Waals surface area contributed by atoms with Crippen LogP contribution >= 0.6 is 31.9 Å². The Morgan fingerprint density at radius 1 is 1.41 bits per heavy atom. The van der Waals surface area contributed by atoms with Gasteiger partial charge in [0.15, 0.2) is 0 Å². The lowest BCUT2D eigenvalue weighted by atomic mass is 10.1. The number of hydrogen-bond acceptors (Lipinski definition) is 4. The van der Waals surface area contributed by atoms with Crippen molar-refractivity contribution in [2.45, 2.75) is 13.3 Å². The number of halogens is 2. The van der Waals surface area contributed by atoms with Gasteiger partial charge in [-0.05, 0) is 44.3 Å². The fourth-order valence-corrected chi connectivity index (χ4v) is 2.61. The number of carbonyl (C=O) groups excluding carboxylic acids is 1. The monoisotopic (exact) mass is 365 g/mol. The molecule has 0 saturated heterocycles. The molecule has 0 aromatic heterocycles. The molecule has 0 amide bonds. The average Bonchev–Trinajstić information content (AvgIpc) is 2.30. The van der Waals surface area contributed by atoms with E-state index in [1.165, 1.54) is 7.11 Å². The van der Waals surface area contributed by atoms with Crippen LogP contribution in [0.2, 0.25) is 0 Å². The minimum absolute atomic E-state index is 0.238. The van der Waals surface area contributed by atoms with Crippen molar-refractivity contribution < 1.29 is 14.3 Å². The molecule has 0 radical (unpaired) electrons. The van der Waals surface area contributed by atoms with Gasteiger partial charge >= 0.3 is 5.97 Å². The maximum atomic E-state index is 11.9. The Labute approximate surface area is 117 Å². The van der Waals surface area contributed by atoms with Crippen molar-refractivity contribution in [3.8, 4) is 5.75 Å². The van der Waals surface area contributed by atoms with Gasteiger partial charge in [-0.1, -0.05) is 6.92 Å². The molecule has 2 N–H and O–H groups in total. The Hall–Kier alpha value is -0.750. The molecular weight excluding hydrogens is 354 g/mol. The molecule has 0 aliphatic heterocycles. The number of ether oxygens (including phenoxy) is 2. The van der Waals surface area contributed by atoms with Gasteiger partial charge in [-0.3, -0.25) is 0 Å². The van der Waals surface area contributed by atoms with Gasteiger partial charge in [-0.25, -0.2) is 4.79 Å². The minimum Gasteiger partial charge on any atom is -0.495 e. The molecule has 0 saturated carbocycles. The molecule has 1 aromatic rings. The van der Waals surface area contributed by atoms with E-state index in [2.05, 4.69) is 31.9 Å². The number of rotatable bonds is 4. The maximum absolute atomic E-state index is 11.9. The number of esters is 1. The first-order valence-corrected chi connectivity index (χ1v) is 6.60. The predicted octanol–water partition coefficient (Wildman–Crippen LogP) is 3.37. The highest BCUT2D eigenvalue weighted by Gasteiger charge is 2.22. The second-order valence-electron chi connectivity index (χ2n) is 3.30. The van der Waals surface area contributed by atoms with E-state index in [1.54, 1.807) is 6.07 Å². The molecule has 0 fully saturated rings. The maximum Gasteiger partial charge on any atom is 0.344 e. The molecule has 0 heterocycles. The molecule has 1 aromatic carbocycles. The summed E-state index contributed by atoms with van der Waals surface area (Å²) in [6, 6.07) is 1.73. The van der Waals surface area contributed by atoms with Crippen molar-refractivity contribution in [3.05, 3.63) is 20.6 Å². The summed E-state index contributed by atoms with van der Waals surface area (Å²) in [6.45, 7) is 2.27. The van der Waals surface area contributed by atoms with Gasteiger partial charge in [0.25, 0.3) is 0 Å². The van der Waals surface area contributed by atoms with Gasteiger partial charge in [0.2, 0.25) is 0 Å². The highest BCUT2D eigenvalue weighted by molar-refractivity contribution is 9.11. The highest BCUT2D eigenvalue weighted by Crippen LogP contribution is 2.38. The third-order valence-electron chi connectivity index (χ3n) is 2.07. The van der Waals surface area contributed by atoms with Crippen molar-refractivity contribution >= 4 is 43.5 Å². The van der Waals surface area contributed by atoms with Crippen LogP contribution in [0.1, 0.15) is 23.7 Å². The van der Waals surface area contributed by atoms with E-state index >= 15 is 0 Å². The van der Waals surface area contributed by atoms with Gasteiger partial charge < -0.3 is 15.2 Å². The number of anilines is 1. The van der Waals surface area contributed by atoms with E-state index in [4.69, 9.17) is 15.2 Å². The number of nitrogens with two attached hydrogens (primary N) is 1. The smallest absolute Gasteiger partial charge is 0.344 e. The summed E-state index contributed by atoms with van der Waals surface area (Å²) in [5.74, 6) is -0.102. The second-order valence-corrected chi connectivity index (χ2v) is 5.01. The largest absolute Gasteiger partial charge is 0.495 e. The fraction of sp³-hybridized carbons (Fsp3) is 0.364. The lowest BCUT2D eigenvalue weighted by molar-refractivity contribution is 0.0502. The third kappa shape index (κ3) is 3.13. The Kier molecular flexibility index (Phi) is 5.27. The number of hydrogen-bond donors (Lipinski definition) is 1. The van der Waals surface area contributed by atoms with Crippen molar-refractivity contribution in [2.75, 3.05) is 19.5 Å². The molecule has 0 unspecified atom stereocenters. The topological polar surface area (TPSA) is 61.5 Å². The number of carbonyl (C=O) groups is 1. The van der Waals surface area contributed by atoms with Crippen LogP contribution in [-0.4, -0.2) is 19.7 Å². The zero-order chi connectivity index (χ0) is 13.0. The van der Waals surface area contributed by atoms with E-state index in [9.17, 15) is 4.79 Å². The van der Waals surface area contributed by atoms with E-state index in [-0.39, 0.29) is 5.56 Å². The minimum atomic E-state index is -0.483. The van der Waals surface area contributed by atoms with Crippen LogP contribution in [-0.2, 0) is 4.74 Å². The summed E-state index contributed by atoms with van der Waals surface area (Å²) in [5.41, 5.74) is 6.40. The molecule has 17 heavy (non-hydrogen) atoms. The standard InChI is InChI=1S/C11H13Br2NO3/c1-3-4-17-11(15)8-9(14)6(12)5-7(13)10(8)16-2/h5H,3-4,14H2,1-2H3. The second kappa shape index (κ2) is 6.26. The number of nitrogen functional groups attached to an aromatic ring is 1. The van der Waals surface area contributed by atoms with Crippen molar-refractivity contribution in [1.82, 2.24) is 0 Å². The predicted molar refractivity (Wildman–Crippen MR) is 73.4 cm³/mol. The lowest BCUT2D eigenvalue weighted by Crippen LogP contribution is -2.11. The van der Waals surface area contributed by atoms with Crippen LogP contribution in [0.15, 0.2) is 15.0 Å². The molecule has 0 atom stereocenters. The molecule has 6 heteroatoms. The molecule has 4 nitrogen and oxygen atoms in total. The van der Waals surface area contributed by atoms with Gasteiger partial charge in [0, 0.05) is 4.47 Å². The Morgan fingerprint density at radius 3 is 2.59 bits per heavy atom. The fourth-order valence-electron chi connectivity index (χ4n) is 1.28.